The molecule has 0 amide bonds. The Hall–Kier alpha value is -1.82. The van der Waals surface area contributed by atoms with E-state index in [0.717, 1.165) is 0 Å². The van der Waals surface area contributed by atoms with Crippen LogP contribution in [0.5, 0.6) is 0 Å². The van der Waals surface area contributed by atoms with Crippen LogP contribution in [0.4, 0.5) is 0 Å². The van der Waals surface area contributed by atoms with E-state index in [9.17, 15) is 9.59 Å². The smallest absolute Gasteiger partial charge is 0.373 e. The summed E-state index contributed by atoms with van der Waals surface area (Å²) in [6.07, 6.45) is 0.283. The van der Waals surface area contributed by atoms with E-state index in [1.165, 1.54) is 14.2 Å². The standard InChI is InChI=1S/C12H17NO5/c1-8(13-7-6-11(14)16-2)9-4-5-10(18-9)12(15)17-3/h4-5,8,13H,6-7H2,1-3H3. The Morgan fingerprint density at radius 2 is 2.06 bits per heavy atom. The summed E-state index contributed by atoms with van der Waals surface area (Å²) in [5.74, 6) is -0.0122. The molecule has 1 N–H and O–H groups in total. The maximum absolute atomic E-state index is 11.2. The van der Waals surface area contributed by atoms with Gasteiger partial charge in [0.2, 0.25) is 5.76 Å². The number of carbonyl (C=O) groups is 2. The fourth-order valence-electron chi connectivity index (χ4n) is 1.39. The van der Waals surface area contributed by atoms with Gasteiger partial charge in [-0.2, -0.15) is 0 Å². The zero-order chi connectivity index (χ0) is 13.5. The Morgan fingerprint density at radius 3 is 2.67 bits per heavy atom. The fraction of sp³-hybridized carbons (Fsp3) is 0.500. The van der Waals surface area contributed by atoms with E-state index in [-0.39, 0.29) is 24.2 Å². The highest BCUT2D eigenvalue weighted by Crippen LogP contribution is 2.16. The molecule has 1 atom stereocenters. The highest BCUT2D eigenvalue weighted by atomic mass is 16.5. The van der Waals surface area contributed by atoms with Gasteiger partial charge in [0.1, 0.15) is 5.76 Å². The van der Waals surface area contributed by atoms with Crippen LogP contribution in [0.15, 0.2) is 16.5 Å². The number of furan rings is 1. The lowest BCUT2D eigenvalue weighted by Crippen LogP contribution is -2.22. The maximum atomic E-state index is 11.2. The predicted molar refractivity (Wildman–Crippen MR) is 63.1 cm³/mol. The van der Waals surface area contributed by atoms with E-state index in [0.29, 0.717) is 12.3 Å². The molecule has 6 nitrogen and oxygen atoms in total. The number of hydrogen-bond acceptors (Lipinski definition) is 6. The minimum Gasteiger partial charge on any atom is -0.469 e. The molecular formula is C12H17NO5. The lowest BCUT2D eigenvalue weighted by molar-refractivity contribution is -0.140. The van der Waals surface area contributed by atoms with Gasteiger partial charge in [-0.1, -0.05) is 0 Å². The van der Waals surface area contributed by atoms with Crippen molar-refractivity contribution in [3.63, 3.8) is 0 Å². The van der Waals surface area contributed by atoms with Crippen LogP contribution in [0.3, 0.4) is 0 Å². The summed E-state index contributed by atoms with van der Waals surface area (Å²) in [6.45, 7) is 2.35. The molecular weight excluding hydrogens is 238 g/mol. The third kappa shape index (κ3) is 3.89. The van der Waals surface area contributed by atoms with Crippen molar-refractivity contribution in [2.75, 3.05) is 20.8 Å². The van der Waals surface area contributed by atoms with Crippen LogP contribution in [-0.2, 0) is 14.3 Å². The topological polar surface area (TPSA) is 77.8 Å². The highest BCUT2D eigenvalue weighted by molar-refractivity contribution is 5.86. The number of ether oxygens (including phenoxy) is 2. The Morgan fingerprint density at radius 1 is 1.33 bits per heavy atom. The SMILES string of the molecule is COC(=O)CCNC(C)c1ccc(C(=O)OC)o1. The van der Waals surface area contributed by atoms with Crippen LogP contribution in [0.25, 0.3) is 0 Å². The van der Waals surface area contributed by atoms with E-state index in [1.54, 1.807) is 12.1 Å². The van der Waals surface area contributed by atoms with Crippen LogP contribution < -0.4 is 5.32 Å². The fourth-order valence-corrected chi connectivity index (χ4v) is 1.39. The Labute approximate surface area is 105 Å². The molecule has 1 unspecified atom stereocenters. The molecule has 0 radical (unpaired) electrons. The quantitative estimate of drug-likeness (QED) is 0.771. The van der Waals surface area contributed by atoms with Gasteiger partial charge in [-0.05, 0) is 19.1 Å². The second-order valence-corrected chi connectivity index (χ2v) is 3.70. The lowest BCUT2D eigenvalue weighted by Gasteiger charge is -2.10. The van der Waals surface area contributed by atoms with Crippen LogP contribution in [0, 0.1) is 0 Å². The molecule has 1 aromatic heterocycles. The monoisotopic (exact) mass is 255 g/mol. The van der Waals surface area contributed by atoms with Crippen LogP contribution in [0.2, 0.25) is 0 Å². The largest absolute Gasteiger partial charge is 0.469 e. The van der Waals surface area contributed by atoms with Crippen molar-refractivity contribution in [2.24, 2.45) is 0 Å². The average molecular weight is 255 g/mol. The maximum Gasteiger partial charge on any atom is 0.373 e. The number of rotatable bonds is 6. The Bertz CT molecular complexity index is 412. The van der Waals surface area contributed by atoms with Gasteiger partial charge in [0, 0.05) is 6.54 Å². The number of hydrogen-bond donors (Lipinski definition) is 1. The lowest BCUT2D eigenvalue weighted by atomic mass is 10.2. The summed E-state index contributed by atoms with van der Waals surface area (Å²) in [5.41, 5.74) is 0. The van der Waals surface area contributed by atoms with Crippen molar-refractivity contribution in [1.82, 2.24) is 5.32 Å². The number of methoxy groups -OCH3 is 2. The Balaban J connectivity index is 2.46. The first-order valence-electron chi connectivity index (χ1n) is 5.56. The first-order chi connectivity index (χ1) is 8.58. The van der Waals surface area contributed by atoms with E-state index in [1.807, 2.05) is 6.92 Å². The second kappa shape index (κ2) is 6.80. The van der Waals surface area contributed by atoms with Gasteiger partial charge in [0.05, 0.1) is 26.7 Å². The summed E-state index contributed by atoms with van der Waals surface area (Å²) < 4.78 is 14.4. The Kier molecular flexibility index (Phi) is 5.38. The van der Waals surface area contributed by atoms with Gasteiger partial charge in [0.25, 0.3) is 0 Å². The number of nitrogens with one attached hydrogen (secondary N) is 1. The molecule has 100 valence electrons. The summed E-state index contributed by atoms with van der Waals surface area (Å²) in [6, 6.07) is 3.15. The van der Waals surface area contributed by atoms with E-state index in [2.05, 4.69) is 14.8 Å². The molecule has 1 heterocycles. The molecule has 0 bridgehead atoms. The molecule has 1 rings (SSSR count). The molecule has 6 heteroatoms. The molecule has 0 aliphatic carbocycles. The summed E-state index contributed by atoms with van der Waals surface area (Å²) in [4.78, 5) is 22.1. The van der Waals surface area contributed by atoms with Crippen LogP contribution in [-0.4, -0.2) is 32.7 Å². The van der Waals surface area contributed by atoms with Crippen molar-refractivity contribution in [2.45, 2.75) is 19.4 Å². The zero-order valence-corrected chi connectivity index (χ0v) is 10.7. The van der Waals surface area contributed by atoms with Crippen molar-refractivity contribution in [1.29, 1.82) is 0 Å². The van der Waals surface area contributed by atoms with E-state index < -0.39 is 5.97 Å². The van der Waals surface area contributed by atoms with Gasteiger partial charge in [0.15, 0.2) is 0 Å². The first kappa shape index (κ1) is 14.2. The van der Waals surface area contributed by atoms with Crippen molar-refractivity contribution in [3.05, 3.63) is 23.7 Å². The molecule has 0 saturated carbocycles. The van der Waals surface area contributed by atoms with Crippen LogP contribution in [0.1, 0.15) is 35.7 Å². The van der Waals surface area contributed by atoms with E-state index in [4.69, 9.17) is 4.42 Å². The minimum absolute atomic E-state index is 0.104. The van der Waals surface area contributed by atoms with Crippen molar-refractivity contribution >= 4 is 11.9 Å². The van der Waals surface area contributed by atoms with Gasteiger partial charge in [-0.3, -0.25) is 4.79 Å². The van der Waals surface area contributed by atoms with Crippen molar-refractivity contribution < 1.29 is 23.5 Å². The van der Waals surface area contributed by atoms with Gasteiger partial charge in [-0.15, -0.1) is 0 Å². The molecule has 0 fully saturated rings. The molecule has 0 aliphatic rings. The molecule has 1 aromatic rings. The molecule has 0 saturated heterocycles. The second-order valence-electron chi connectivity index (χ2n) is 3.70. The molecule has 0 spiro atoms. The average Bonchev–Trinajstić information content (AvgIpc) is 2.87. The number of carbonyl (C=O) groups excluding carboxylic acids is 2. The van der Waals surface area contributed by atoms with Crippen molar-refractivity contribution in [3.8, 4) is 0 Å². The van der Waals surface area contributed by atoms with E-state index >= 15 is 0 Å². The summed E-state index contributed by atoms with van der Waals surface area (Å²) in [7, 11) is 2.64. The number of esters is 2. The molecule has 18 heavy (non-hydrogen) atoms. The molecule has 0 aromatic carbocycles. The zero-order valence-electron chi connectivity index (χ0n) is 10.7. The highest BCUT2D eigenvalue weighted by Gasteiger charge is 2.15. The van der Waals surface area contributed by atoms with Gasteiger partial charge < -0.3 is 19.2 Å². The van der Waals surface area contributed by atoms with Gasteiger partial charge in [-0.25, -0.2) is 4.79 Å². The third-order valence-electron chi connectivity index (χ3n) is 2.45. The molecule has 0 aliphatic heterocycles. The van der Waals surface area contributed by atoms with Gasteiger partial charge >= 0.3 is 11.9 Å². The predicted octanol–water partition coefficient (Wildman–Crippen LogP) is 1.28. The normalized spacial score (nSPS) is 11.9. The summed E-state index contributed by atoms with van der Waals surface area (Å²) >= 11 is 0. The minimum atomic E-state index is -0.511. The summed E-state index contributed by atoms with van der Waals surface area (Å²) in [5, 5.41) is 3.09. The van der Waals surface area contributed by atoms with Crippen LogP contribution >= 0.6 is 0 Å². The first-order valence-corrected chi connectivity index (χ1v) is 5.56. The third-order valence-corrected chi connectivity index (χ3v) is 2.45.